The first-order valence-corrected chi connectivity index (χ1v) is 18.9. The molecule has 0 spiro atoms. The Kier molecular flexibility index (Phi) is 7.32. The van der Waals surface area contributed by atoms with Crippen molar-refractivity contribution in [3.05, 3.63) is 223 Å². The summed E-state index contributed by atoms with van der Waals surface area (Å²) in [6.07, 6.45) is 3.84. The van der Waals surface area contributed by atoms with Gasteiger partial charge in [0.2, 0.25) is 0 Å². The van der Waals surface area contributed by atoms with Crippen LogP contribution >= 0.6 is 0 Å². The number of benzene rings is 7. The van der Waals surface area contributed by atoms with E-state index < -0.39 is 5.41 Å². The minimum absolute atomic E-state index is 0.570. The Labute approximate surface area is 324 Å². The monoisotopic (exact) mass is 715 g/mol. The van der Waals surface area contributed by atoms with Crippen LogP contribution in [-0.2, 0) is 5.41 Å². The first-order valence-electron chi connectivity index (χ1n) is 18.9. The van der Waals surface area contributed by atoms with Crippen molar-refractivity contribution in [2.75, 3.05) is 0 Å². The van der Waals surface area contributed by atoms with Gasteiger partial charge < -0.3 is 4.57 Å². The van der Waals surface area contributed by atoms with Gasteiger partial charge in [-0.25, -0.2) is 15.0 Å². The van der Waals surface area contributed by atoms with Crippen LogP contribution in [0.1, 0.15) is 22.3 Å². The van der Waals surface area contributed by atoms with E-state index in [9.17, 15) is 0 Å². The number of para-hydroxylation sites is 1. The van der Waals surface area contributed by atoms with Crippen molar-refractivity contribution in [1.82, 2.24) is 24.5 Å². The third-order valence-electron chi connectivity index (χ3n) is 11.2. The van der Waals surface area contributed by atoms with Gasteiger partial charge in [0.15, 0.2) is 17.5 Å². The van der Waals surface area contributed by atoms with Gasteiger partial charge in [0, 0.05) is 45.5 Å². The molecule has 3 heterocycles. The average molecular weight is 716 g/mol. The highest BCUT2D eigenvalue weighted by Crippen LogP contribution is 2.59. The Bertz CT molecular complexity index is 2970. The van der Waals surface area contributed by atoms with E-state index in [1.165, 1.54) is 44.2 Å². The molecule has 0 saturated heterocycles. The SMILES string of the molecule is c1ccc(-c2nc(-c3ccccc3)nc(-c3cccc(-n4c5ccccc5c5c6c(ccc54)-c4ccccc4C6(c4ccccc4)c4ccncc4)c3)n2)cc1. The van der Waals surface area contributed by atoms with Crippen LogP contribution in [0, 0.1) is 0 Å². The topological polar surface area (TPSA) is 56.5 Å². The molecule has 0 radical (unpaired) electrons. The molecule has 0 aliphatic heterocycles. The number of hydrogen-bond acceptors (Lipinski definition) is 4. The predicted molar refractivity (Wildman–Crippen MR) is 226 cm³/mol. The Morgan fingerprint density at radius 2 is 0.982 bits per heavy atom. The quantitative estimate of drug-likeness (QED) is 0.172. The Morgan fingerprint density at radius 1 is 0.411 bits per heavy atom. The molecular formula is C51H33N5. The van der Waals surface area contributed by atoms with Gasteiger partial charge in [0.25, 0.3) is 0 Å². The lowest BCUT2D eigenvalue weighted by molar-refractivity contribution is 0.773. The molecule has 3 aromatic heterocycles. The normalized spacial score (nSPS) is 14.5. The van der Waals surface area contributed by atoms with Crippen LogP contribution in [0.5, 0.6) is 0 Å². The predicted octanol–water partition coefficient (Wildman–Crippen LogP) is 11.7. The molecule has 1 aliphatic carbocycles. The molecule has 1 aliphatic rings. The minimum Gasteiger partial charge on any atom is -0.309 e. The van der Waals surface area contributed by atoms with Gasteiger partial charge >= 0.3 is 0 Å². The van der Waals surface area contributed by atoms with E-state index in [0.717, 1.165) is 33.4 Å². The van der Waals surface area contributed by atoms with E-state index in [4.69, 9.17) is 15.0 Å². The standard InChI is InChI=1S/C51H33N5/c1-4-15-34(16-5-1)48-53-49(35-17-6-2-7-18-35)55-50(54-48)36-19-14-22-39(33-36)56-44-26-13-11-24-42(44)46-45(56)28-27-41-40-23-10-12-25-43(40)51(47(41)46,37-20-8-3-9-21-37)38-29-31-52-32-30-38/h1-33H. The molecule has 10 aromatic rings. The fourth-order valence-electron chi connectivity index (χ4n) is 8.91. The molecule has 0 saturated carbocycles. The van der Waals surface area contributed by atoms with Gasteiger partial charge in [-0.1, -0.05) is 152 Å². The zero-order valence-corrected chi connectivity index (χ0v) is 30.3. The Morgan fingerprint density at radius 3 is 1.70 bits per heavy atom. The van der Waals surface area contributed by atoms with Crippen molar-refractivity contribution >= 4 is 21.8 Å². The summed E-state index contributed by atoms with van der Waals surface area (Å²) in [7, 11) is 0. The van der Waals surface area contributed by atoms with Gasteiger partial charge in [-0.15, -0.1) is 0 Å². The smallest absolute Gasteiger partial charge is 0.164 e. The lowest BCUT2D eigenvalue weighted by Gasteiger charge is -2.34. The van der Waals surface area contributed by atoms with Crippen molar-refractivity contribution in [1.29, 1.82) is 0 Å². The zero-order valence-electron chi connectivity index (χ0n) is 30.3. The van der Waals surface area contributed by atoms with Crippen molar-refractivity contribution < 1.29 is 0 Å². The van der Waals surface area contributed by atoms with E-state index in [1.54, 1.807) is 0 Å². The number of hydrogen-bond donors (Lipinski definition) is 0. The number of fused-ring (bicyclic) bond motifs is 7. The van der Waals surface area contributed by atoms with Gasteiger partial charge in [0.05, 0.1) is 16.4 Å². The summed E-state index contributed by atoms with van der Waals surface area (Å²) >= 11 is 0. The first kappa shape index (κ1) is 32.0. The maximum Gasteiger partial charge on any atom is 0.164 e. The van der Waals surface area contributed by atoms with Crippen molar-refractivity contribution in [2.24, 2.45) is 0 Å². The number of nitrogens with zero attached hydrogens (tertiary/aromatic N) is 5. The molecule has 1 unspecified atom stereocenters. The van der Waals surface area contributed by atoms with Crippen LogP contribution in [-0.4, -0.2) is 24.5 Å². The summed E-state index contributed by atoms with van der Waals surface area (Å²) < 4.78 is 2.40. The van der Waals surface area contributed by atoms with Crippen molar-refractivity contribution in [3.63, 3.8) is 0 Å². The van der Waals surface area contributed by atoms with Crippen LogP contribution < -0.4 is 0 Å². The second kappa shape index (κ2) is 12.8. The summed E-state index contributed by atoms with van der Waals surface area (Å²) in [5.74, 6) is 1.90. The highest BCUT2D eigenvalue weighted by atomic mass is 15.0. The van der Waals surface area contributed by atoms with E-state index in [-0.39, 0.29) is 0 Å². The summed E-state index contributed by atoms with van der Waals surface area (Å²) in [4.78, 5) is 19.5. The molecule has 5 heteroatoms. The van der Waals surface area contributed by atoms with E-state index in [0.29, 0.717) is 17.5 Å². The molecule has 1 atom stereocenters. The lowest BCUT2D eigenvalue weighted by atomic mass is 9.67. The van der Waals surface area contributed by atoms with Gasteiger partial charge in [0.1, 0.15) is 0 Å². The molecule has 0 bridgehead atoms. The molecule has 0 N–H and O–H groups in total. The Balaban J connectivity index is 1.18. The van der Waals surface area contributed by atoms with Crippen molar-refractivity contribution in [3.8, 4) is 51.0 Å². The molecule has 7 aromatic carbocycles. The summed E-state index contributed by atoms with van der Waals surface area (Å²) in [6.45, 7) is 0. The van der Waals surface area contributed by atoms with Crippen LogP contribution in [0.15, 0.2) is 200 Å². The largest absolute Gasteiger partial charge is 0.309 e. The molecule has 56 heavy (non-hydrogen) atoms. The number of rotatable bonds is 6. The summed E-state index contributed by atoms with van der Waals surface area (Å²) in [5, 5.41) is 2.43. The minimum atomic E-state index is -0.570. The summed E-state index contributed by atoms with van der Waals surface area (Å²) in [6, 6.07) is 66.5. The second-order valence-electron chi connectivity index (χ2n) is 14.2. The first-order chi connectivity index (χ1) is 27.8. The summed E-state index contributed by atoms with van der Waals surface area (Å²) in [5.41, 5.74) is 13.0. The molecule has 0 fully saturated rings. The van der Waals surface area contributed by atoms with E-state index >= 15 is 0 Å². The van der Waals surface area contributed by atoms with Crippen molar-refractivity contribution in [2.45, 2.75) is 5.41 Å². The van der Waals surface area contributed by atoms with Gasteiger partial charge in [-0.05, 0) is 69.8 Å². The molecule has 0 amide bonds. The maximum atomic E-state index is 5.07. The fraction of sp³-hybridized carbons (Fsp3) is 0.0196. The highest BCUT2D eigenvalue weighted by Gasteiger charge is 2.47. The van der Waals surface area contributed by atoms with Crippen LogP contribution in [0.3, 0.4) is 0 Å². The third-order valence-corrected chi connectivity index (χ3v) is 11.2. The second-order valence-corrected chi connectivity index (χ2v) is 14.2. The Hall–Kier alpha value is -7.50. The third kappa shape index (κ3) is 4.81. The molecular weight excluding hydrogens is 683 g/mol. The van der Waals surface area contributed by atoms with E-state index in [1.807, 2.05) is 73.1 Å². The number of pyridine rings is 1. The van der Waals surface area contributed by atoms with E-state index in [2.05, 4.69) is 137 Å². The van der Waals surface area contributed by atoms with Crippen LogP contribution in [0.4, 0.5) is 0 Å². The number of aromatic nitrogens is 5. The van der Waals surface area contributed by atoms with Gasteiger partial charge in [-0.2, -0.15) is 0 Å². The molecule has 262 valence electrons. The lowest BCUT2D eigenvalue weighted by Crippen LogP contribution is -2.28. The highest BCUT2D eigenvalue weighted by molar-refractivity contribution is 6.15. The van der Waals surface area contributed by atoms with Crippen LogP contribution in [0.25, 0.3) is 72.8 Å². The zero-order chi connectivity index (χ0) is 37.1. The molecule has 5 nitrogen and oxygen atoms in total. The van der Waals surface area contributed by atoms with Gasteiger partial charge in [-0.3, -0.25) is 4.98 Å². The average Bonchev–Trinajstić information content (AvgIpc) is 3.78. The van der Waals surface area contributed by atoms with Crippen LogP contribution in [0.2, 0.25) is 0 Å². The fourth-order valence-corrected chi connectivity index (χ4v) is 8.91. The maximum absolute atomic E-state index is 5.07. The molecule has 11 rings (SSSR count).